The Balaban J connectivity index is 2.16. The average molecular weight is 381 g/mol. The van der Waals surface area contributed by atoms with Crippen LogP contribution < -0.4 is 0 Å². The van der Waals surface area contributed by atoms with E-state index in [0.29, 0.717) is 25.2 Å². The molecule has 0 N–H and O–H groups in total. The molecule has 2 aromatic rings. The topological polar surface area (TPSA) is 57.7 Å². The lowest BCUT2D eigenvalue weighted by molar-refractivity contribution is 0.0786. The zero-order valence-corrected chi connectivity index (χ0v) is 16.7. The quantitative estimate of drug-likeness (QED) is 0.740. The second kappa shape index (κ2) is 8.12. The lowest BCUT2D eigenvalue weighted by Crippen LogP contribution is -2.30. The number of benzene rings is 1. The molecular formula is C18H24N2O3S2. The van der Waals surface area contributed by atoms with Crippen molar-refractivity contribution in [2.24, 2.45) is 0 Å². The third-order valence-corrected chi connectivity index (χ3v) is 7.21. The third-order valence-electron chi connectivity index (χ3n) is 4.14. The average Bonchev–Trinajstić information content (AvgIpc) is 3.00. The van der Waals surface area contributed by atoms with Gasteiger partial charge in [-0.05, 0) is 48.2 Å². The summed E-state index contributed by atoms with van der Waals surface area (Å²) in [7, 11) is -1.75. The molecule has 0 saturated carbocycles. The first-order valence-electron chi connectivity index (χ1n) is 8.19. The Kier molecular flexibility index (Phi) is 6.37. The number of sulfonamides is 1. The first-order chi connectivity index (χ1) is 11.8. The molecule has 25 heavy (non-hydrogen) atoms. The molecule has 0 atom stereocenters. The van der Waals surface area contributed by atoms with Crippen LogP contribution in [0.5, 0.6) is 0 Å². The highest BCUT2D eigenvalue weighted by Gasteiger charge is 2.22. The van der Waals surface area contributed by atoms with Crippen LogP contribution in [-0.4, -0.2) is 43.7 Å². The Bertz CT molecular complexity index is 822. The van der Waals surface area contributed by atoms with Crippen molar-refractivity contribution in [1.82, 2.24) is 9.21 Å². The lowest BCUT2D eigenvalue weighted by Gasteiger charge is -2.19. The van der Waals surface area contributed by atoms with Crippen molar-refractivity contribution in [2.45, 2.75) is 32.2 Å². The minimum absolute atomic E-state index is 0.125. The summed E-state index contributed by atoms with van der Waals surface area (Å²) in [5.41, 5.74) is 1.65. The predicted molar refractivity (Wildman–Crippen MR) is 101 cm³/mol. The molecule has 0 unspecified atom stereocenters. The van der Waals surface area contributed by atoms with Crippen LogP contribution >= 0.6 is 11.3 Å². The highest BCUT2D eigenvalue weighted by molar-refractivity contribution is 7.89. The molecule has 1 heterocycles. The summed E-state index contributed by atoms with van der Waals surface area (Å²) in [4.78, 5) is 15.6. The summed E-state index contributed by atoms with van der Waals surface area (Å²) in [5.74, 6) is -0.125. The molecule has 0 saturated heterocycles. The molecule has 0 aliphatic heterocycles. The van der Waals surface area contributed by atoms with Gasteiger partial charge >= 0.3 is 0 Å². The first kappa shape index (κ1) is 19.6. The van der Waals surface area contributed by atoms with E-state index in [9.17, 15) is 13.2 Å². The Morgan fingerprint density at radius 1 is 1.08 bits per heavy atom. The second-order valence-electron chi connectivity index (χ2n) is 5.80. The van der Waals surface area contributed by atoms with E-state index in [-0.39, 0.29) is 10.8 Å². The monoisotopic (exact) mass is 380 g/mol. The Labute approximate surface area is 153 Å². The van der Waals surface area contributed by atoms with Crippen molar-refractivity contribution < 1.29 is 13.2 Å². The van der Waals surface area contributed by atoms with E-state index in [1.54, 1.807) is 49.3 Å². The van der Waals surface area contributed by atoms with E-state index in [1.165, 1.54) is 22.0 Å². The molecule has 0 bridgehead atoms. The molecule has 5 nitrogen and oxygen atoms in total. The van der Waals surface area contributed by atoms with Gasteiger partial charge < -0.3 is 4.90 Å². The van der Waals surface area contributed by atoms with Gasteiger partial charge in [-0.15, -0.1) is 11.3 Å². The lowest BCUT2D eigenvalue weighted by atomic mass is 10.2. The van der Waals surface area contributed by atoms with Crippen molar-refractivity contribution in [3.63, 3.8) is 0 Å². The molecule has 0 aliphatic carbocycles. The number of rotatable bonds is 7. The van der Waals surface area contributed by atoms with Gasteiger partial charge in [0.1, 0.15) is 0 Å². The van der Waals surface area contributed by atoms with Gasteiger partial charge in [0, 0.05) is 30.6 Å². The van der Waals surface area contributed by atoms with E-state index in [1.807, 2.05) is 18.4 Å². The van der Waals surface area contributed by atoms with Crippen molar-refractivity contribution in [3.05, 3.63) is 51.7 Å². The molecule has 1 aromatic carbocycles. The van der Waals surface area contributed by atoms with Gasteiger partial charge in [-0.3, -0.25) is 4.79 Å². The first-order valence-corrected chi connectivity index (χ1v) is 10.5. The summed E-state index contributed by atoms with van der Waals surface area (Å²) >= 11 is 1.63. The molecule has 7 heteroatoms. The van der Waals surface area contributed by atoms with Gasteiger partial charge in [0.15, 0.2) is 0 Å². The van der Waals surface area contributed by atoms with Gasteiger partial charge in [-0.1, -0.05) is 13.8 Å². The fourth-order valence-corrected chi connectivity index (χ4v) is 4.97. The number of nitrogens with zero attached hydrogens (tertiary/aromatic N) is 2. The van der Waals surface area contributed by atoms with Crippen LogP contribution in [0.2, 0.25) is 0 Å². The molecule has 2 rings (SSSR count). The van der Waals surface area contributed by atoms with Gasteiger partial charge in [0.25, 0.3) is 5.91 Å². The summed E-state index contributed by atoms with van der Waals surface area (Å²) < 4.78 is 26.4. The number of hydrogen-bond donors (Lipinski definition) is 0. The highest BCUT2D eigenvalue weighted by atomic mass is 32.2. The Morgan fingerprint density at radius 2 is 1.68 bits per heavy atom. The van der Waals surface area contributed by atoms with Crippen molar-refractivity contribution in [2.75, 3.05) is 20.1 Å². The van der Waals surface area contributed by atoms with Crippen LogP contribution in [0.3, 0.4) is 0 Å². The Hall–Kier alpha value is -1.70. The second-order valence-corrected chi connectivity index (χ2v) is 8.74. The van der Waals surface area contributed by atoms with Crippen LogP contribution in [0.4, 0.5) is 0 Å². The van der Waals surface area contributed by atoms with Crippen LogP contribution in [0.15, 0.2) is 40.6 Å². The normalized spacial score (nSPS) is 11.7. The van der Waals surface area contributed by atoms with Gasteiger partial charge in [-0.2, -0.15) is 4.31 Å². The van der Waals surface area contributed by atoms with Crippen molar-refractivity contribution in [3.8, 4) is 0 Å². The zero-order chi connectivity index (χ0) is 18.6. The SMILES string of the molecule is CCN(CC)S(=O)(=O)c1ccc(C(=O)N(C)Cc2sccc2C)cc1. The maximum atomic E-state index is 12.6. The summed E-state index contributed by atoms with van der Waals surface area (Å²) in [6.07, 6.45) is 0. The standard InChI is InChI=1S/C18H24N2O3S2/c1-5-20(6-2)25(22,23)16-9-7-15(8-10-16)18(21)19(4)13-17-14(3)11-12-24-17/h7-12H,5-6,13H2,1-4H3. The van der Waals surface area contributed by atoms with Gasteiger partial charge in [0.2, 0.25) is 10.0 Å². The smallest absolute Gasteiger partial charge is 0.253 e. The number of aryl methyl sites for hydroxylation is 1. The van der Waals surface area contributed by atoms with E-state index >= 15 is 0 Å². The number of hydrogen-bond acceptors (Lipinski definition) is 4. The molecule has 136 valence electrons. The predicted octanol–water partition coefficient (Wildman–Crippen LogP) is 3.36. The largest absolute Gasteiger partial charge is 0.337 e. The molecule has 1 amide bonds. The van der Waals surface area contributed by atoms with Gasteiger partial charge in [0.05, 0.1) is 11.4 Å². The molecule has 0 aliphatic rings. The van der Waals surface area contributed by atoms with E-state index < -0.39 is 10.0 Å². The summed E-state index contributed by atoms with van der Waals surface area (Å²) in [6, 6.07) is 8.20. The van der Waals surface area contributed by atoms with Crippen molar-refractivity contribution in [1.29, 1.82) is 0 Å². The molecule has 0 spiro atoms. The summed E-state index contributed by atoms with van der Waals surface area (Å²) in [6.45, 7) is 7.02. The van der Waals surface area contributed by atoms with Crippen LogP contribution in [0, 0.1) is 6.92 Å². The third kappa shape index (κ3) is 4.29. The minimum atomic E-state index is -3.50. The zero-order valence-electron chi connectivity index (χ0n) is 15.0. The molecule has 0 radical (unpaired) electrons. The van der Waals surface area contributed by atoms with Crippen LogP contribution in [-0.2, 0) is 16.6 Å². The number of carbonyl (C=O) groups excluding carboxylic acids is 1. The molecule has 0 fully saturated rings. The fraction of sp³-hybridized carbons (Fsp3) is 0.389. The van der Waals surface area contributed by atoms with E-state index in [2.05, 4.69) is 0 Å². The minimum Gasteiger partial charge on any atom is -0.337 e. The summed E-state index contributed by atoms with van der Waals surface area (Å²) in [5, 5.41) is 2.01. The fourth-order valence-electron chi connectivity index (χ4n) is 2.56. The van der Waals surface area contributed by atoms with Crippen LogP contribution in [0.25, 0.3) is 0 Å². The number of amides is 1. The van der Waals surface area contributed by atoms with Gasteiger partial charge in [-0.25, -0.2) is 8.42 Å². The van der Waals surface area contributed by atoms with Crippen LogP contribution in [0.1, 0.15) is 34.6 Å². The van der Waals surface area contributed by atoms with E-state index in [4.69, 9.17) is 0 Å². The van der Waals surface area contributed by atoms with Crippen molar-refractivity contribution >= 4 is 27.3 Å². The number of carbonyl (C=O) groups is 1. The molecule has 1 aromatic heterocycles. The maximum Gasteiger partial charge on any atom is 0.253 e. The van der Waals surface area contributed by atoms with E-state index in [0.717, 1.165) is 4.88 Å². The maximum absolute atomic E-state index is 12.6. The number of thiophene rings is 1. The highest BCUT2D eigenvalue weighted by Crippen LogP contribution is 2.20. The Morgan fingerprint density at radius 3 is 2.16 bits per heavy atom. The molecular weight excluding hydrogens is 356 g/mol.